The molecule has 2 aliphatic heterocycles. The molecule has 2 aromatic rings. The van der Waals surface area contributed by atoms with Gasteiger partial charge >= 0.3 is 0 Å². The van der Waals surface area contributed by atoms with Crippen LogP contribution in [0.15, 0.2) is 41.4 Å². The van der Waals surface area contributed by atoms with Crippen molar-refractivity contribution in [2.75, 3.05) is 44.2 Å². The fourth-order valence-corrected chi connectivity index (χ4v) is 6.02. The van der Waals surface area contributed by atoms with Crippen molar-refractivity contribution in [1.29, 1.82) is 0 Å². The third-order valence-electron chi connectivity index (χ3n) is 5.46. The lowest BCUT2D eigenvalue weighted by Crippen LogP contribution is -2.50. The molecule has 0 N–H and O–H groups in total. The Morgan fingerprint density at radius 2 is 1.67 bits per heavy atom. The summed E-state index contributed by atoms with van der Waals surface area (Å²) in [6.45, 7) is 2.76. The molecular formula is C20H22Cl2N4O3S. The van der Waals surface area contributed by atoms with E-state index in [2.05, 4.69) is 9.88 Å². The van der Waals surface area contributed by atoms with Crippen molar-refractivity contribution in [3.8, 4) is 0 Å². The summed E-state index contributed by atoms with van der Waals surface area (Å²) in [6.07, 6.45) is 3.88. The molecule has 0 unspecified atom stereocenters. The highest BCUT2D eigenvalue weighted by atomic mass is 35.5. The van der Waals surface area contributed by atoms with Gasteiger partial charge in [0.1, 0.15) is 10.7 Å². The lowest BCUT2D eigenvalue weighted by molar-refractivity contribution is 0.0698. The number of anilines is 1. The van der Waals surface area contributed by atoms with Gasteiger partial charge in [-0.2, -0.15) is 4.31 Å². The first-order valence-corrected chi connectivity index (χ1v) is 12.0. The number of hydrogen-bond acceptors (Lipinski definition) is 5. The van der Waals surface area contributed by atoms with Gasteiger partial charge in [0.15, 0.2) is 0 Å². The van der Waals surface area contributed by atoms with Crippen molar-refractivity contribution in [3.63, 3.8) is 0 Å². The number of carbonyl (C=O) groups is 1. The van der Waals surface area contributed by atoms with E-state index in [9.17, 15) is 13.2 Å². The second kappa shape index (κ2) is 8.70. The van der Waals surface area contributed by atoms with E-state index in [1.165, 1.54) is 16.4 Å². The van der Waals surface area contributed by atoms with Crippen molar-refractivity contribution in [3.05, 3.63) is 52.1 Å². The van der Waals surface area contributed by atoms with E-state index in [-0.39, 0.29) is 28.9 Å². The number of benzene rings is 1. The Morgan fingerprint density at radius 3 is 2.37 bits per heavy atom. The topological polar surface area (TPSA) is 73.8 Å². The van der Waals surface area contributed by atoms with Crippen molar-refractivity contribution >= 4 is 45.0 Å². The number of sulfonamides is 1. The van der Waals surface area contributed by atoms with Crippen LogP contribution in [-0.4, -0.2) is 67.8 Å². The minimum absolute atomic E-state index is 0.0139. The van der Waals surface area contributed by atoms with Gasteiger partial charge in [-0.25, -0.2) is 13.4 Å². The first kappa shape index (κ1) is 21.4. The van der Waals surface area contributed by atoms with Crippen LogP contribution in [0.5, 0.6) is 0 Å². The summed E-state index contributed by atoms with van der Waals surface area (Å²) >= 11 is 12.1. The van der Waals surface area contributed by atoms with Crippen molar-refractivity contribution in [2.24, 2.45) is 0 Å². The molecule has 0 saturated carbocycles. The molecule has 0 spiro atoms. The number of nitrogens with zero attached hydrogens (tertiary/aromatic N) is 4. The van der Waals surface area contributed by atoms with E-state index in [4.69, 9.17) is 23.2 Å². The van der Waals surface area contributed by atoms with Crippen LogP contribution in [0.3, 0.4) is 0 Å². The lowest BCUT2D eigenvalue weighted by Gasteiger charge is -2.34. The largest absolute Gasteiger partial charge is 0.356 e. The Kier molecular flexibility index (Phi) is 6.20. The van der Waals surface area contributed by atoms with Gasteiger partial charge < -0.3 is 9.80 Å². The fourth-order valence-electron chi connectivity index (χ4n) is 3.86. The molecule has 4 rings (SSSR count). The summed E-state index contributed by atoms with van der Waals surface area (Å²) in [7, 11) is -3.79. The Hall–Kier alpha value is -1.87. The van der Waals surface area contributed by atoms with Gasteiger partial charge in [-0.3, -0.25) is 4.79 Å². The Morgan fingerprint density at radius 1 is 0.967 bits per heavy atom. The number of rotatable bonds is 4. The van der Waals surface area contributed by atoms with Gasteiger partial charge in [0.2, 0.25) is 10.0 Å². The summed E-state index contributed by atoms with van der Waals surface area (Å²) in [6, 6.07) is 7.92. The molecule has 2 saturated heterocycles. The second-order valence-corrected chi connectivity index (χ2v) is 10.1. The predicted molar refractivity (Wildman–Crippen MR) is 117 cm³/mol. The Balaban J connectivity index is 1.49. The molecule has 0 radical (unpaired) electrons. The Bertz CT molecular complexity index is 1050. The SMILES string of the molecule is O=C(c1cccnc1N1CCCC1)N1CCN(S(=O)(=O)c2cc(Cl)ccc2Cl)CC1. The van der Waals surface area contributed by atoms with Crippen LogP contribution < -0.4 is 4.90 Å². The molecule has 30 heavy (non-hydrogen) atoms. The van der Waals surface area contributed by atoms with Crippen molar-refractivity contribution in [2.45, 2.75) is 17.7 Å². The molecule has 0 aliphatic carbocycles. The van der Waals surface area contributed by atoms with Gasteiger partial charge in [-0.15, -0.1) is 0 Å². The van der Waals surface area contributed by atoms with Gasteiger partial charge in [0.25, 0.3) is 5.91 Å². The van der Waals surface area contributed by atoms with Gasteiger partial charge in [-0.05, 0) is 43.2 Å². The molecule has 1 aromatic heterocycles. The van der Waals surface area contributed by atoms with Crippen LogP contribution >= 0.6 is 23.2 Å². The van der Waals surface area contributed by atoms with Gasteiger partial charge in [-0.1, -0.05) is 23.2 Å². The van der Waals surface area contributed by atoms with Crippen LogP contribution in [0.25, 0.3) is 0 Å². The minimum atomic E-state index is -3.79. The van der Waals surface area contributed by atoms with E-state index in [0.29, 0.717) is 29.5 Å². The predicted octanol–water partition coefficient (Wildman–Crippen LogP) is 3.14. The maximum absolute atomic E-state index is 13.2. The zero-order valence-electron chi connectivity index (χ0n) is 16.3. The molecule has 1 amide bonds. The zero-order valence-corrected chi connectivity index (χ0v) is 18.6. The monoisotopic (exact) mass is 468 g/mol. The number of aromatic nitrogens is 1. The Labute approximate surface area is 186 Å². The normalized spacial score (nSPS) is 18.1. The highest BCUT2D eigenvalue weighted by molar-refractivity contribution is 7.89. The molecule has 10 heteroatoms. The van der Waals surface area contributed by atoms with E-state index in [1.807, 2.05) is 0 Å². The fraction of sp³-hybridized carbons (Fsp3) is 0.400. The molecule has 1 aromatic carbocycles. The lowest BCUT2D eigenvalue weighted by atomic mass is 10.2. The minimum Gasteiger partial charge on any atom is -0.356 e. The van der Waals surface area contributed by atoms with Gasteiger partial charge in [0.05, 0.1) is 10.6 Å². The summed E-state index contributed by atoms with van der Waals surface area (Å²) < 4.78 is 27.3. The number of amides is 1. The first-order chi connectivity index (χ1) is 14.4. The molecule has 3 heterocycles. The van der Waals surface area contributed by atoms with Crippen LogP contribution in [0, 0.1) is 0 Å². The zero-order chi connectivity index (χ0) is 21.3. The molecule has 0 bridgehead atoms. The number of piperazine rings is 1. The van der Waals surface area contributed by atoms with Crippen LogP contribution in [0.1, 0.15) is 23.2 Å². The number of carbonyl (C=O) groups excluding carboxylic acids is 1. The number of hydrogen-bond donors (Lipinski definition) is 0. The molecule has 160 valence electrons. The van der Waals surface area contributed by atoms with Crippen LogP contribution in [0.2, 0.25) is 10.0 Å². The molecule has 2 fully saturated rings. The number of pyridine rings is 1. The average Bonchev–Trinajstić information content (AvgIpc) is 3.30. The van der Waals surface area contributed by atoms with Crippen molar-refractivity contribution < 1.29 is 13.2 Å². The summed E-state index contributed by atoms with van der Waals surface area (Å²) in [4.78, 5) is 21.4. The molecule has 0 atom stereocenters. The molecular weight excluding hydrogens is 447 g/mol. The third kappa shape index (κ3) is 4.14. The maximum Gasteiger partial charge on any atom is 0.257 e. The highest BCUT2D eigenvalue weighted by Gasteiger charge is 2.33. The summed E-state index contributed by atoms with van der Waals surface area (Å²) in [5.41, 5.74) is 0.564. The standard InChI is InChI=1S/C20H22Cl2N4O3S/c21-15-5-6-17(22)18(14-15)30(28,29)26-12-10-25(11-13-26)20(27)16-4-3-7-23-19(16)24-8-1-2-9-24/h3-7,14H,1-2,8-13H2. The quantitative estimate of drug-likeness (QED) is 0.688. The smallest absolute Gasteiger partial charge is 0.257 e. The van der Waals surface area contributed by atoms with Crippen LogP contribution in [-0.2, 0) is 10.0 Å². The van der Waals surface area contributed by atoms with Crippen molar-refractivity contribution in [1.82, 2.24) is 14.2 Å². The second-order valence-electron chi connectivity index (χ2n) is 7.34. The van der Waals surface area contributed by atoms with Crippen LogP contribution in [0.4, 0.5) is 5.82 Å². The summed E-state index contributed by atoms with van der Waals surface area (Å²) in [5.74, 6) is 0.587. The number of halogens is 2. The van der Waals surface area contributed by atoms with E-state index >= 15 is 0 Å². The average molecular weight is 469 g/mol. The van der Waals surface area contributed by atoms with Gasteiger partial charge in [0, 0.05) is 50.5 Å². The molecule has 7 nitrogen and oxygen atoms in total. The summed E-state index contributed by atoms with van der Waals surface area (Å²) in [5, 5.41) is 0.432. The molecule has 2 aliphatic rings. The van der Waals surface area contributed by atoms with E-state index < -0.39 is 10.0 Å². The maximum atomic E-state index is 13.2. The van der Waals surface area contributed by atoms with E-state index in [1.54, 1.807) is 29.3 Å². The van der Waals surface area contributed by atoms with E-state index in [0.717, 1.165) is 25.9 Å². The highest BCUT2D eigenvalue weighted by Crippen LogP contribution is 2.29. The third-order valence-corrected chi connectivity index (χ3v) is 8.07. The first-order valence-electron chi connectivity index (χ1n) is 9.82.